The zero-order valence-electron chi connectivity index (χ0n) is 27.4. The Morgan fingerprint density at radius 2 is 1.17 bits per heavy atom. The highest BCUT2D eigenvalue weighted by atomic mass is 32.2. The maximum absolute atomic E-state index is 13.4. The SMILES string of the molecule is Cc1cc(-c2ccc(NN=C3C(=O)c4c(N)cc(S(=O)(=O)O)cc4C=C3S(=O)(=O)O)c(C)c2)ccc1NN=C1C=C(S(=O)(=O)O)c2ccccc2C1=O. The van der Waals surface area contributed by atoms with Crippen LogP contribution in [0.5, 0.6) is 0 Å². The first-order valence-corrected chi connectivity index (χ1v) is 19.4. The fourth-order valence-electron chi connectivity index (χ4n) is 5.70. The van der Waals surface area contributed by atoms with Crippen LogP contribution in [-0.4, -0.2) is 61.9 Å². The number of nitrogens with one attached hydrogen (secondary N) is 2. The number of fused-ring (bicyclic) bond motifs is 2. The van der Waals surface area contributed by atoms with Gasteiger partial charge in [0.15, 0.2) is 5.71 Å². The fourth-order valence-corrected chi connectivity index (χ4v) is 7.63. The Kier molecular flexibility index (Phi) is 9.27. The molecule has 0 saturated heterocycles. The largest absolute Gasteiger partial charge is 0.398 e. The van der Waals surface area contributed by atoms with E-state index in [9.17, 15) is 48.5 Å². The fraction of sp³-hybridized carbons (Fsp3) is 0.0588. The first kappa shape index (κ1) is 36.9. The summed E-state index contributed by atoms with van der Waals surface area (Å²) in [6.07, 6.45) is 1.82. The predicted molar refractivity (Wildman–Crippen MR) is 198 cm³/mol. The minimum absolute atomic E-state index is 0.0701. The molecule has 0 atom stereocenters. The van der Waals surface area contributed by atoms with Gasteiger partial charge >= 0.3 is 0 Å². The number of rotatable bonds is 8. The summed E-state index contributed by atoms with van der Waals surface area (Å²) in [6, 6.07) is 18.0. The Morgan fingerprint density at radius 1 is 0.623 bits per heavy atom. The molecule has 19 heteroatoms. The number of hydrogen-bond donors (Lipinski definition) is 6. The monoisotopic (exact) mass is 777 g/mol. The van der Waals surface area contributed by atoms with Crippen molar-refractivity contribution in [1.82, 2.24) is 0 Å². The van der Waals surface area contributed by atoms with Gasteiger partial charge in [-0.05, 0) is 90.2 Å². The van der Waals surface area contributed by atoms with Crippen molar-refractivity contribution in [2.45, 2.75) is 18.7 Å². The first-order chi connectivity index (χ1) is 24.7. The van der Waals surface area contributed by atoms with Crippen molar-refractivity contribution in [3.05, 3.63) is 117 Å². The van der Waals surface area contributed by atoms with Crippen LogP contribution in [0, 0.1) is 13.8 Å². The standard InChI is InChI=1S/C34H27N5O11S3/c1-17-11-19(7-9-26(17)36-38-28-16-29(52(45,46)47)23-5-3-4-6-24(23)33(28)40)20-8-10-27(18(2)12-20)37-39-32-30(53(48,49)50)14-21-13-22(51(42,43)44)15-25(35)31(21)34(32)41/h3-16,36-37H,35H2,1-2H3,(H,42,43,44)(H,45,46,47)(H,48,49,50). The number of aryl methyl sites for hydroxylation is 2. The minimum atomic E-state index is -5.06. The summed E-state index contributed by atoms with van der Waals surface area (Å²) in [6.45, 7) is 3.49. The van der Waals surface area contributed by atoms with Gasteiger partial charge in [0, 0.05) is 16.8 Å². The zero-order chi connectivity index (χ0) is 38.6. The van der Waals surface area contributed by atoms with Crippen LogP contribution in [0.3, 0.4) is 0 Å². The summed E-state index contributed by atoms with van der Waals surface area (Å²) in [7, 11) is -14.5. The van der Waals surface area contributed by atoms with Crippen LogP contribution < -0.4 is 16.6 Å². The molecule has 0 heterocycles. The highest BCUT2D eigenvalue weighted by Crippen LogP contribution is 2.34. The van der Waals surface area contributed by atoms with E-state index < -0.39 is 62.3 Å². The zero-order valence-corrected chi connectivity index (χ0v) is 29.8. The number of Topliss-reactive ketones (excluding diaryl/α,β-unsaturated/α-hetero) is 2. The molecule has 0 amide bonds. The van der Waals surface area contributed by atoms with Gasteiger partial charge in [-0.3, -0.25) is 34.1 Å². The van der Waals surface area contributed by atoms with Crippen molar-refractivity contribution in [1.29, 1.82) is 0 Å². The predicted octanol–water partition coefficient (Wildman–Crippen LogP) is 4.59. The number of nitrogens with two attached hydrogens (primary N) is 1. The quantitative estimate of drug-likeness (QED) is 0.0812. The van der Waals surface area contributed by atoms with E-state index in [1.165, 1.54) is 12.1 Å². The van der Waals surface area contributed by atoms with Gasteiger partial charge in [-0.1, -0.05) is 36.4 Å². The highest BCUT2D eigenvalue weighted by Gasteiger charge is 2.35. The molecule has 272 valence electrons. The first-order valence-electron chi connectivity index (χ1n) is 15.1. The average Bonchev–Trinajstić information content (AvgIpc) is 3.06. The van der Waals surface area contributed by atoms with Crippen LogP contribution in [0.4, 0.5) is 17.1 Å². The molecule has 0 fully saturated rings. The van der Waals surface area contributed by atoms with E-state index >= 15 is 0 Å². The molecule has 6 rings (SSSR count). The van der Waals surface area contributed by atoms with Crippen LogP contribution in [-0.2, 0) is 30.4 Å². The molecular weight excluding hydrogens is 751 g/mol. The number of carbonyl (C=O) groups is 2. The van der Waals surface area contributed by atoms with Crippen molar-refractivity contribution in [3.8, 4) is 11.1 Å². The van der Waals surface area contributed by atoms with Gasteiger partial charge in [0.05, 0.1) is 21.8 Å². The second-order valence-corrected chi connectivity index (χ2v) is 16.1. The lowest BCUT2D eigenvalue weighted by molar-refractivity contribution is 0.105. The number of benzene rings is 4. The van der Waals surface area contributed by atoms with Crippen LogP contribution >= 0.6 is 0 Å². The second-order valence-electron chi connectivity index (χ2n) is 11.9. The average molecular weight is 778 g/mol. The molecule has 0 saturated carbocycles. The Bertz CT molecular complexity index is 2770. The third kappa shape index (κ3) is 7.29. The molecule has 2 aliphatic rings. The van der Waals surface area contributed by atoms with Crippen molar-refractivity contribution >= 4 is 81.4 Å². The Labute approximate surface area is 302 Å². The number of hydrogen-bond acceptors (Lipinski definition) is 13. The normalized spacial score (nSPS) is 16.2. The van der Waals surface area contributed by atoms with E-state index in [4.69, 9.17) is 5.73 Å². The maximum atomic E-state index is 13.4. The summed E-state index contributed by atoms with van der Waals surface area (Å²) in [5, 5.41) is 8.09. The number of nitrogen functional groups attached to an aromatic ring is 1. The van der Waals surface area contributed by atoms with E-state index in [-0.39, 0.29) is 33.7 Å². The van der Waals surface area contributed by atoms with Crippen LogP contribution in [0.1, 0.15) is 43.0 Å². The Morgan fingerprint density at radius 3 is 1.70 bits per heavy atom. The number of hydrazone groups is 2. The van der Waals surface area contributed by atoms with E-state index in [1.54, 1.807) is 56.3 Å². The van der Waals surface area contributed by atoms with Crippen molar-refractivity contribution in [2.24, 2.45) is 10.2 Å². The Balaban J connectivity index is 1.25. The van der Waals surface area contributed by atoms with Crippen LogP contribution in [0.2, 0.25) is 0 Å². The smallest absolute Gasteiger partial charge is 0.296 e. The summed E-state index contributed by atoms with van der Waals surface area (Å²) in [4.78, 5) is 24.3. The molecule has 0 aromatic heterocycles. The molecule has 0 spiro atoms. The number of allylic oxidation sites excluding steroid dienone is 2. The molecule has 0 bridgehead atoms. The Hall–Kier alpha value is -5.83. The summed E-state index contributed by atoms with van der Waals surface area (Å²) in [5.41, 5.74) is 13.2. The highest BCUT2D eigenvalue weighted by molar-refractivity contribution is 7.95. The van der Waals surface area contributed by atoms with Gasteiger partial charge in [0.1, 0.15) is 15.5 Å². The molecule has 4 aromatic carbocycles. The molecule has 53 heavy (non-hydrogen) atoms. The number of nitrogens with zero attached hydrogens (tertiary/aromatic N) is 2. The van der Waals surface area contributed by atoms with Gasteiger partial charge < -0.3 is 5.73 Å². The molecule has 16 nitrogen and oxygen atoms in total. The van der Waals surface area contributed by atoms with E-state index in [1.807, 2.05) is 6.07 Å². The molecule has 2 aliphatic carbocycles. The third-order valence-corrected chi connectivity index (χ3v) is 10.9. The second kappa shape index (κ2) is 13.3. The van der Waals surface area contributed by atoms with Crippen molar-refractivity contribution < 1.29 is 48.5 Å². The molecule has 0 aliphatic heterocycles. The number of carbonyl (C=O) groups excluding carboxylic acids is 2. The lowest BCUT2D eigenvalue weighted by Gasteiger charge is -2.19. The minimum Gasteiger partial charge on any atom is -0.398 e. The van der Waals surface area contributed by atoms with Gasteiger partial charge in [0.25, 0.3) is 30.4 Å². The number of ketones is 2. The van der Waals surface area contributed by atoms with E-state index in [0.29, 0.717) is 22.5 Å². The summed E-state index contributed by atoms with van der Waals surface area (Å²) in [5.74, 6) is -1.57. The van der Waals surface area contributed by atoms with Crippen molar-refractivity contribution in [2.75, 3.05) is 16.6 Å². The molecular formula is C34H27N5O11S3. The molecule has 0 radical (unpaired) electrons. The van der Waals surface area contributed by atoms with Crippen molar-refractivity contribution in [3.63, 3.8) is 0 Å². The van der Waals surface area contributed by atoms with Crippen LogP contribution in [0.25, 0.3) is 22.1 Å². The third-order valence-electron chi connectivity index (χ3n) is 8.30. The lowest BCUT2D eigenvalue weighted by atomic mass is 9.93. The summed E-state index contributed by atoms with van der Waals surface area (Å²) >= 11 is 0. The van der Waals surface area contributed by atoms with E-state index in [0.717, 1.165) is 35.4 Å². The summed E-state index contributed by atoms with van der Waals surface area (Å²) < 4.78 is 101. The lowest BCUT2D eigenvalue weighted by Crippen LogP contribution is -2.28. The maximum Gasteiger partial charge on any atom is 0.296 e. The van der Waals surface area contributed by atoms with Gasteiger partial charge in [-0.15, -0.1) is 0 Å². The van der Waals surface area contributed by atoms with Crippen LogP contribution in [0.15, 0.2) is 98.9 Å². The van der Waals surface area contributed by atoms with Gasteiger partial charge in [-0.2, -0.15) is 35.5 Å². The molecule has 4 aromatic rings. The number of anilines is 3. The molecule has 7 N–H and O–H groups in total. The van der Waals surface area contributed by atoms with E-state index in [2.05, 4.69) is 21.1 Å². The van der Waals surface area contributed by atoms with Gasteiger partial charge in [-0.25, -0.2) is 0 Å². The topological polar surface area (TPSA) is 272 Å². The molecule has 0 unspecified atom stereocenters. The van der Waals surface area contributed by atoms with Gasteiger partial charge in [0.2, 0.25) is 11.6 Å².